The molecule has 1 saturated carbocycles. The fourth-order valence-electron chi connectivity index (χ4n) is 5.97. The zero-order valence-corrected chi connectivity index (χ0v) is 25.3. The van der Waals surface area contributed by atoms with E-state index in [1.807, 2.05) is 38.1 Å². The van der Waals surface area contributed by atoms with Gasteiger partial charge in [0.1, 0.15) is 5.75 Å². The minimum absolute atomic E-state index is 0.150. The average molecular weight is 573 g/mol. The molecule has 0 aromatic heterocycles. The highest BCUT2D eigenvalue weighted by molar-refractivity contribution is 6.37. The Morgan fingerprint density at radius 3 is 2.21 bits per heavy atom. The Kier molecular flexibility index (Phi) is 11.2. The van der Waals surface area contributed by atoms with Gasteiger partial charge in [-0.15, -0.1) is 0 Å². The molecule has 1 amide bonds. The number of esters is 1. The van der Waals surface area contributed by atoms with Crippen LogP contribution in [0.25, 0.3) is 0 Å². The van der Waals surface area contributed by atoms with E-state index in [0.29, 0.717) is 36.5 Å². The van der Waals surface area contributed by atoms with Gasteiger partial charge in [-0.3, -0.25) is 9.69 Å². The zero-order chi connectivity index (χ0) is 30.1. The van der Waals surface area contributed by atoms with Gasteiger partial charge in [-0.05, 0) is 106 Å². The molecule has 0 atom stereocenters. The summed E-state index contributed by atoms with van der Waals surface area (Å²) in [4.78, 5) is 26.4. The SMILES string of the molecule is CCOC(=O)C(=O)Nc1cc(C)c(Cc2ccc(O)c(CN(Cc3ccccc3)C3CCC(OCC)CC3)c2)c(C)c1. The van der Waals surface area contributed by atoms with Crippen LogP contribution in [0, 0.1) is 13.8 Å². The lowest BCUT2D eigenvalue weighted by molar-refractivity contribution is -0.152. The number of aryl methyl sites for hydroxylation is 2. The predicted octanol–water partition coefficient (Wildman–Crippen LogP) is 6.45. The van der Waals surface area contributed by atoms with Gasteiger partial charge in [0.2, 0.25) is 0 Å². The highest BCUT2D eigenvalue weighted by Crippen LogP contribution is 2.31. The van der Waals surface area contributed by atoms with Gasteiger partial charge >= 0.3 is 11.9 Å². The third-order valence-corrected chi connectivity index (χ3v) is 8.10. The van der Waals surface area contributed by atoms with Gasteiger partial charge in [0.25, 0.3) is 0 Å². The molecule has 0 bridgehead atoms. The maximum atomic E-state index is 12.1. The highest BCUT2D eigenvalue weighted by Gasteiger charge is 2.27. The number of hydrogen-bond donors (Lipinski definition) is 2. The summed E-state index contributed by atoms with van der Waals surface area (Å²) in [7, 11) is 0. The molecule has 0 saturated heterocycles. The highest BCUT2D eigenvalue weighted by atomic mass is 16.5. The maximum absolute atomic E-state index is 12.1. The van der Waals surface area contributed by atoms with Gasteiger partial charge in [0.15, 0.2) is 0 Å². The Labute approximate surface area is 249 Å². The number of carbonyl (C=O) groups is 2. The van der Waals surface area contributed by atoms with Crippen LogP contribution >= 0.6 is 0 Å². The third kappa shape index (κ3) is 8.43. The zero-order valence-electron chi connectivity index (χ0n) is 25.3. The summed E-state index contributed by atoms with van der Waals surface area (Å²) in [5.41, 5.74) is 7.04. The van der Waals surface area contributed by atoms with E-state index in [1.165, 1.54) is 5.56 Å². The van der Waals surface area contributed by atoms with Crippen molar-refractivity contribution < 1.29 is 24.2 Å². The number of anilines is 1. The van der Waals surface area contributed by atoms with Gasteiger partial charge in [-0.25, -0.2) is 4.79 Å². The van der Waals surface area contributed by atoms with E-state index in [2.05, 4.69) is 47.5 Å². The van der Waals surface area contributed by atoms with Crippen molar-refractivity contribution in [1.82, 2.24) is 4.90 Å². The molecule has 7 nitrogen and oxygen atoms in total. The number of rotatable bonds is 11. The molecule has 42 heavy (non-hydrogen) atoms. The second kappa shape index (κ2) is 15.0. The number of amides is 1. The summed E-state index contributed by atoms with van der Waals surface area (Å²) in [5.74, 6) is -1.36. The van der Waals surface area contributed by atoms with E-state index in [0.717, 1.165) is 66.7 Å². The summed E-state index contributed by atoms with van der Waals surface area (Å²) in [6.07, 6.45) is 5.31. The van der Waals surface area contributed by atoms with Gasteiger partial charge < -0.3 is 19.9 Å². The Morgan fingerprint density at radius 1 is 0.881 bits per heavy atom. The van der Waals surface area contributed by atoms with Gasteiger partial charge in [0.05, 0.1) is 12.7 Å². The van der Waals surface area contributed by atoms with E-state index in [4.69, 9.17) is 9.47 Å². The number of nitrogens with zero attached hydrogens (tertiary/aromatic N) is 1. The van der Waals surface area contributed by atoms with Crippen LogP contribution < -0.4 is 5.32 Å². The van der Waals surface area contributed by atoms with E-state index in [9.17, 15) is 14.7 Å². The number of benzene rings is 3. The quantitative estimate of drug-likeness (QED) is 0.203. The third-order valence-electron chi connectivity index (χ3n) is 8.10. The number of hydrogen-bond acceptors (Lipinski definition) is 6. The van der Waals surface area contributed by atoms with Crippen molar-refractivity contribution in [1.29, 1.82) is 0 Å². The monoisotopic (exact) mass is 572 g/mol. The van der Waals surface area contributed by atoms with Crippen LogP contribution in [0.4, 0.5) is 5.69 Å². The molecule has 4 rings (SSSR count). The Balaban J connectivity index is 1.51. The summed E-state index contributed by atoms with van der Waals surface area (Å²) in [6.45, 7) is 10.1. The predicted molar refractivity (Wildman–Crippen MR) is 165 cm³/mol. The number of ether oxygens (including phenoxy) is 2. The average Bonchev–Trinajstić information content (AvgIpc) is 2.97. The molecule has 2 N–H and O–H groups in total. The molecule has 3 aromatic carbocycles. The summed E-state index contributed by atoms with van der Waals surface area (Å²) in [6, 6.07) is 20.6. The Hall–Kier alpha value is -3.68. The normalized spacial score (nSPS) is 16.8. The summed E-state index contributed by atoms with van der Waals surface area (Å²) >= 11 is 0. The topological polar surface area (TPSA) is 88.1 Å². The van der Waals surface area contributed by atoms with E-state index in [1.54, 1.807) is 13.0 Å². The Morgan fingerprint density at radius 2 is 1.57 bits per heavy atom. The van der Waals surface area contributed by atoms with Crippen molar-refractivity contribution in [3.8, 4) is 5.75 Å². The standard InChI is InChI=1S/C35H44N2O5/c1-5-41-31-15-13-30(14-16-31)37(22-26-10-8-7-9-11-26)23-28-20-27(12-17-33(28)38)21-32-24(3)18-29(19-25(32)4)36-34(39)35(40)42-6-2/h7-12,17-20,30-31,38H,5-6,13-16,21-23H2,1-4H3,(H,36,39). The van der Waals surface area contributed by atoms with Gasteiger partial charge in [0, 0.05) is 37.0 Å². The molecule has 1 fully saturated rings. The van der Waals surface area contributed by atoms with Crippen molar-refractivity contribution in [2.75, 3.05) is 18.5 Å². The summed E-state index contributed by atoms with van der Waals surface area (Å²) in [5, 5.41) is 13.6. The molecule has 0 radical (unpaired) electrons. The van der Waals surface area contributed by atoms with E-state index in [-0.39, 0.29) is 6.61 Å². The summed E-state index contributed by atoms with van der Waals surface area (Å²) < 4.78 is 10.7. The van der Waals surface area contributed by atoms with Crippen LogP contribution in [0.3, 0.4) is 0 Å². The maximum Gasteiger partial charge on any atom is 0.397 e. The molecule has 224 valence electrons. The van der Waals surface area contributed by atoms with Crippen molar-refractivity contribution in [2.45, 2.75) is 85.0 Å². The minimum Gasteiger partial charge on any atom is -0.508 e. The molecule has 0 spiro atoms. The first-order valence-electron chi connectivity index (χ1n) is 15.1. The van der Waals surface area contributed by atoms with Gasteiger partial charge in [-0.1, -0.05) is 42.5 Å². The van der Waals surface area contributed by atoms with Crippen molar-refractivity contribution >= 4 is 17.6 Å². The van der Waals surface area contributed by atoms with Crippen LogP contribution in [0.5, 0.6) is 5.75 Å². The molecule has 0 unspecified atom stereocenters. The first kappa shape index (κ1) is 31.3. The van der Waals surface area contributed by atoms with Gasteiger partial charge in [-0.2, -0.15) is 0 Å². The molecular weight excluding hydrogens is 528 g/mol. The van der Waals surface area contributed by atoms with Crippen molar-refractivity contribution in [2.24, 2.45) is 0 Å². The van der Waals surface area contributed by atoms with Crippen LogP contribution in [0.2, 0.25) is 0 Å². The number of phenolic OH excluding ortho intramolecular Hbond substituents is 1. The lowest BCUT2D eigenvalue weighted by Gasteiger charge is -2.37. The molecule has 0 aliphatic heterocycles. The number of carbonyl (C=O) groups excluding carboxylic acids is 2. The lowest BCUT2D eigenvalue weighted by atomic mass is 9.90. The first-order valence-corrected chi connectivity index (χ1v) is 15.1. The number of nitrogens with one attached hydrogen (secondary N) is 1. The number of phenols is 1. The molecular formula is C35H44N2O5. The van der Waals surface area contributed by atoms with E-state index < -0.39 is 11.9 Å². The second-order valence-corrected chi connectivity index (χ2v) is 11.2. The van der Waals surface area contributed by atoms with Crippen molar-refractivity contribution in [3.05, 3.63) is 94.0 Å². The van der Waals surface area contributed by atoms with Crippen molar-refractivity contribution in [3.63, 3.8) is 0 Å². The van der Waals surface area contributed by atoms with Crippen LogP contribution in [0.15, 0.2) is 60.7 Å². The molecule has 1 aliphatic rings. The lowest BCUT2D eigenvalue weighted by Crippen LogP contribution is -2.38. The molecule has 1 aliphatic carbocycles. The number of aromatic hydroxyl groups is 1. The fourth-order valence-corrected chi connectivity index (χ4v) is 5.97. The van der Waals surface area contributed by atoms with Crippen LogP contribution in [0.1, 0.15) is 72.9 Å². The van der Waals surface area contributed by atoms with Crippen LogP contribution in [-0.2, 0) is 38.6 Å². The van der Waals surface area contributed by atoms with Crippen LogP contribution in [-0.4, -0.2) is 47.2 Å². The molecule has 7 heteroatoms. The van der Waals surface area contributed by atoms with E-state index >= 15 is 0 Å². The largest absolute Gasteiger partial charge is 0.508 e. The Bertz CT molecular complexity index is 1330. The molecule has 3 aromatic rings. The minimum atomic E-state index is -0.892. The molecule has 0 heterocycles. The first-order chi connectivity index (χ1) is 20.3. The second-order valence-electron chi connectivity index (χ2n) is 11.2. The smallest absolute Gasteiger partial charge is 0.397 e. The fraction of sp³-hybridized carbons (Fsp3) is 0.429.